The number of alkyl halides is 3. The maximum atomic E-state index is 13.2. The summed E-state index contributed by atoms with van der Waals surface area (Å²) in [6, 6.07) is 9.50. The zero-order chi connectivity index (χ0) is 14.7. The summed E-state index contributed by atoms with van der Waals surface area (Å²) in [6.45, 7) is -2.96. The van der Waals surface area contributed by atoms with E-state index in [1.54, 1.807) is 18.2 Å². The molecule has 1 nitrogen and oxygen atoms in total. The van der Waals surface area contributed by atoms with E-state index in [0.29, 0.717) is 11.1 Å². The van der Waals surface area contributed by atoms with Gasteiger partial charge in [0.1, 0.15) is 5.75 Å². The first-order valence-electron chi connectivity index (χ1n) is 5.62. The molecule has 2 rings (SSSR count). The first kappa shape index (κ1) is 14.8. The highest BCUT2D eigenvalue weighted by Gasteiger charge is 2.18. The Morgan fingerprint density at radius 1 is 0.950 bits per heavy atom. The lowest BCUT2D eigenvalue weighted by molar-refractivity contribution is -0.0503. The number of hydrogen-bond donors (Lipinski definition) is 0. The maximum Gasteiger partial charge on any atom is 0.387 e. The maximum absolute atomic E-state index is 13.2. The summed E-state index contributed by atoms with van der Waals surface area (Å²) in [5.41, 5.74) is 0.799. The summed E-state index contributed by atoms with van der Waals surface area (Å²) in [5, 5.41) is 0. The van der Waals surface area contributed by atoms with Gasteiger partial charge in [-0.05, 0) is 23.8 Å². The Labute approximate surface area is 121 Å². The summed E-state index contributed by atoms with van der Waals surface area (Å²) < 4.78 is 55.2. The van der Waals surface area contributed by atoms with Gasteiger partial charge < -0.3 is 4.74 Å². The van der Waals surface area contributed by atoms with Crippen molar-refractivity contribution in [3.8, 4) is 5.75 Å². The van der Waals surface area contributed by atoms with Crippen LogP contribution in [0.1, 0.15) is 16.0 Å². The normalized spacial score (nSPS) is 12.5. The van der Waals surface area contributed by atoms with Crippen LogP contribution in [-0.4, -0.2) is 6.61 Å². The molecule has 0 saturated heterocycles. The zero-order valence-electron chi connectivity index (χ0n) is 9.99. The van der Waals surface area contributed by atoms with E-state index in [-0.39, 0.29) is 5.75 Å². The molecule has 106 valence electrons. The van der Waals surface area contributed by atoms with Crippen LogP contribution in [0.5, 0.6) is 5.75 Å². The van der Waals surface area contributed by atoms with E-state index >= 15 is 0 Å². The second kappa shape index (κ2) is 6.26. The SMILES string of the molecule is Fc1ccc(C(Br)c2ccccc2OC(F)F)cc1F. The molecule has 0 fully saturated rings. The third kappa shape index (κ3) is 3.30. The van der Waals surface area contributed by atoms with Crippen molar-refractivity contribution >= 4 is 15.9 Å². The van der Waals surface area contributed by atoms with E-state index in [9.17, 15) is 17.6 Å². The molecule has 1 atom stereocenters. The minimum atomic E-state index is -2.96. The third-order valence-corrected chi connectivity index (χ3v) is 3.67. The van der Waals surface area contributed by atoms with Gasteiger partial charge in [-0.2, -0.15) is 8.78 Å². The number of ether oxygens (including phenoxy) is 1. The molecule has 2 aromatic rings. The van der Waals surface area contributed by atoms with E-state index in [0.717, 1.165) is 12.1 Å². The Kier molecular flexibility index (Phi) is 4.65. The summed E-state index contributed by atoms with van der Waals surface area (Å²) in [6.07, 6.45) is 0. The van der Waals surface area contributed by atoms with Crippen molar-refractivity contribution in [2.45, 2.75) is 11.4 Å². The number of para-hydroxylation sites is 1. The second-order valence-electron chi connectivity index (χ2n) is 3.95. The van der Waals surface area contributed by atoms with Gasteiger partial charge in [0.15, 0.2) is 11.6 Å². The van der Waals surface area contributed by atoms with Gasteiger partial charge in [-0.25, -0.2) is 8.78 Å². The molecule has 1 unspecified atom stereocenters. The van der Waals surface area contributed by atoms with Crippen molar-refractivity contribution in [2.24, 2.45) is 0 Å². The van der Waals surface area contributed by atoms with Crippen LogP contribution >= 0.6 is 15.9 Å². The molecule has 20 heavy (non-hydrogen) atoms. The van der Waals surface area contributed by atoms with E-state index in [1.165, 1.54) is 12.1 Å². The number of hydrogen-bond acceptors (Lipinski definition) is 1. The van der Waals surface area contributed by atoms with Crippen LogP contribution < -0.4 is 4.74 Å². The second-order valence-corrected chi connectivity index (χ2v) is 4.87. The highest BCUT2D eigenvalue weighted by atomic mass is 79.9. The van der Waals surface area contributed by atoms with Gasteiger partial charge in [0, 0.05) is 5.56 Å². The minimum Gasteiger partial charge on any atom is -0.434 e. The lowest BCUT2D eigenvalue weighted by atomic mass is 10.0. The van der Waals surface area contributed by atoms with Crippen LogP contribution in [0.3, 0.4) is 0 Å². The fraction of sp³-hybridized carbons (Fsp3) is 0.143. The molecule has 0 amide bonds. The largest absolute Gasteiger partial charge is 0.434 e. The van der Waals surface area contributed by atoms with Crippen molar-refractivity contribution in [1.29, 1.82) is 0 Å². The van der Waals surface area contributed by atoms with Gasteiger partial charge in [-0.3, -0.25) is 0 Å². The van der Waals surface area contributed by atoms with Crippen LogP contribution in [0.25, 0.3) is 0 Å². The number of rotatable bonds is 4. The molecule has 6 heteroatoms. The van der Waals surface area contributed by atoms with Crippen molar-refractivity contribution in [1.82, 2.24) is 0 Å². The molecule has 0 aliphatic carbocycles. The Balaban J connectivity index is 2.37. The molecular weight excluding hydrogens is 340 g/mol. The van der Waals surface area contributed by atoms with Gasteiger partial charge in [0.25, 0.3) is 0 Å². The van der Waals surface area contributed by atoms with Crippen LogP contribution in [0.2, 0.25) is 0 Å². The predicted molar refractivity (Wildman–Crippen MR) is 70.2 cm³/mol. The van der Waals surface area contributed by atoms with Gasteiger partial charge in [0.2, 0.25) is 0 Å². The molecule has 0 aromatic heterocycles. The molecule has 0 N–H and O–H groups in total. The van der Waals surface area contributed by atoms with Crippen LogP contribution in [0.15, 0.2) is 42.5 Å². The van der Waals surface area contributed by atoms with Gasteiger partial charge in [0.05, 0.1) is 4.83 Å². The molecule has 0 aliphatic heterocycles. The average molecular weight is 349 g/mol. The quantitative estimate of drug-likeness (QED) is 0.554. The average Bonchev–Trinajstić information content (AvgIpc) is 2.41. The van der Waals surface area contributed by atoms with E-state index < -0.39 is 23.1 Å². The summed E-state index contributed by atoms with van der Waals surface area (Å²) in [4.78, 5) is -0.590. The van der Waals surface area contributed by atoms with Crippen molar-refractivity contribution < 1.29 is 22.3 Å². The molecular formula is C14H9BrF4O. The van der Waals surface area contributed by atoms with Gasteiger partial charge >= 0.3 is 6.61 Å². The van der Waals surface area contributed by atoms with Crippen LogP contribution in [-0.2, 0) is 0 Å². The van der Waals surface area contributed by atoms with Gasteiger partial charge in [-0.1, -0.05) is 40.2 Å². The molecule has 2 aromatic carbocycles. The molecule has 0 heterocycles. The van der Waals surface area contributed by atoms with Gasteiger partial charge in [-0.15, -0.1) is 0 Å². The van der Waals surface area contributed by atoms with E-state index in [1.807, 2.05) is 0 Å². The molecule has 0 bridgehead atoms. The van der Waals surface area contributed by atoms with Crippen molar-refractivity contribution in [3.63, 3.8) is 0 Å². The molecule has 0 aliphatic rings. The lowest BCUT2D eigenvalue weighted by Crippen LogP contribution is -2.06. The topological polar surface area (TPSA) is 9.23 Å². The fourth-order valence-electron chi connectivity index (χ4n) is 1.74. The summed E-state index contributed by atoms with van der Waals surface area (Å²) >= 11 is 3.28. The van der Waals surface area contributed by atoms with Crippen molar-refractivity contribution in [2.75, 3.05) is 0 Å². The Morgan fingerprint density at radius 2 is 1.65 bits per heavy atom. The predicted octanol–water partition coefficient (Wildman–Crippen LogP) is 5.05. The summed E-state index contributed by atoms with van der Waals surface area (Å²) in [7, 11) is 0. The Hall–Kier alpha value is -1.56. The standard InChI is InChI=1S/C14H9BrF4O/c15-13(8-5-6-10(16)11(17)7-8)9-3-1-2-4-12(9)20-14(18)19/h1-7,13-14H. The van der Waals surface area contributed by atoms with Crippen molar-refractivity contribution in [3.05, 3.63) is 65.2 Å². The highest BCUT2D eigenvalue weighted by Crippen LogP contribution is 2.37. The van der Waals surface area contributed by atoms with E-state index in [4.69, 9.17) is 0 Å². The van der Waals surface area contributed by atoms with Crippen LogP contribution in [0.4, 0.5) is 17.6 Å². The van der Waals surface area contributed by atoms with Crippen LogP contribution in [0, 0.1) is 11.6 Å². The molecule has 0 radical (unpaired) electrons. The minimum absolute atomic E-state index is 0.0193. The first-order chi connectivity index (χ1) is 9.49. The lowest BCUT2D eigenvalue weighted by Gasteiger charge is -2.15. The number of benzene rings is 2. The smallest absolute Gasteiger partial charge is 0.387 e. The Morgan fingerprint density at radius 3 is 2.30 bits per heavy atom. The monoisotopic (exact) mass is 348 g/mol. The Bertz CT molecular complexity index is 603. The molecule has 0 saturated carbocycles. The highest BCUT2D eigenvalue weighted by molar-refractivity contribution is 9.09. The molecule has 0 spiro atoms. The van der Waals surface area contributed by atoms with E-state index in [2.05, 4.69) is 20.7 Å². The summed E-state index contributed by atoms with van der Waals surface area (Å²) in [5.74, 6) is -1.99. The first-order valence-corrected chi connectivity index (χ1v) is 6.53. The number of halogens is 5. The fourth-order valence-corrected chi connectivity index (χ4v) is 2.41. The third-order valence-electron chi connectivity index (χ3n) is 2.64. The zero-order valence-corrected chi connectivity index (χ0v) is 11.6.